The number of halogens is 2. The van der Waals surface area contributed by atoms with E-state index in [4.69, 9.17) is 26.4 Å². The SMILES string of the molecule is COC(=O)C1=C(CN2CCN3C(=O)N(c4ccc(-c5ccc(C(=O)O)cc5)nc4)C[C@@H]3C2)NC(c2nccs2)=NC1c1ccc(F)cc1Cl. The number of thiazole rings is 1. The molecule has 1 unspecified atom stereocenters. The number of piperazine rings is 1. The quantitative estimate of drug-likeness (QED) is 0.247. The predicted octanol–water partition coefficient (Wildman–Crippen LogP) is 4.84. The molecule has 0 radical (unpaired) electrons. The second-order valence-electron chi connectivity index (χ2n) is 11.7. The lowest BCUT2D eigenvalue weighted by atomic mass is 9.95. The Bertz CT molecular complexity index is 1990. The normalized spacial score (nSPS) is 19.4. The molecule has 0 aliphatic carbocycles. The molecule has 2 aromatic heterocycles. The molecule has 3 aliphatic rings. The number of rotatable bonds is 8. The highest BCUT2D eigenvalue weighted by Gasteiger charge is 2.42. The van der Waals surface area contributed by atoms with Crippen LogP contribution in [-0.2, 0) is 9.53 Å². The van der Waals surface area contributed by atoms with Crippen LogP contribution in [-0.4, -0.2) is 94.6 Å². The number of hydrogen-bond acceptors (Lipinski definition) is 10. The van der Waals surface area contributed by atoms with E-state index in [1.807, 2.05) is 22.4 Å². The van der Waals surface area contributed by atoms with Crippen molar-refractivity contribution in [3.8, 4) is 11.3 Å². The zero-order valence-corrected chi connectivity index (χ0v) is 27.6. The first-order chi connectivity index (χ1) is 23.7. The number of nitrogens with zero attached hydrogens (tertiary/aromatic N) is 6. The van der Waals surface area contributed by atoms with Crippen molar-refractivity contribution in [3.05, 3.63) is 111 Å². The average Bonchev–Trinajstić information content (AvgIpc) is 3.76. The largest absolute Gasteiger partial charge is 0.478 e. The highest BCUT2D eigenvalue weighted by molar-refractivity contribution is 7.11. The van der Waals surface area contributed by atoms with E-state index in [1.54, 1.807) is 29.4 Å². The van der Waals surface area contributed by atoms with Crippen molar-refractivity contribution in [2.24, 2.45) is 4.99 Å². The van der Waals surface area contributed by atoms with E-state index in [9.17, 15) is 18.8 Å². The maximum atomic E-state index is 14.0. The first-order valence-electron chi connectivity index (χ1n) is 15.3. The van der Waals surface area contributed by atoms with E-state index in [-0.39, 0.29) is 28.2 Å². The first-order valence-corrected chi connectivity index (χ1v) is 16.6. The predicted molar refractivity (Wildman–Crippen MR) is 181 cm³/mol. The van der Waals surface area contributed by atoms with E-state index < -0.39 is 23.8 Å². The Labute approximate surface area is 289 Å². The molecule has 2 fully saturated rings. The monoisotopic (exact) mass is 701 g/mol. The van der Waals surface area contributed by atoms with E-state index >= 15 is 0 Å². The van der Waals surface area contributed by atoms with E-state index in [2.05, 4.69) is 20.2 Å². The number of pyridine rings is 1. The van der Waals surface area contributed by atoms with Crippen LogP contribution in [0, 0.1) is 5.82 Å². The summed E-state index contributed by atoms with van der Waals surface area (Å²) in [5, 5.41) is 15.1. The van der Waals surface area contributed by atoms with E-state index in [0.29, 0.717) is 66.2 Å². The van der Waals surface area contributed by atoms with Crippen molar-refractivity contribution in [1.82, 2.24) is 25.1 Å². The number of carboxylic acids is 1. The molecule has 7 rings (SSSR count). The van der Waals surface area contributed by atoms with Crippen LogP contribution in [0.25, 0.3) is 11.3 Å². The van der Waals surface area contributed by atoms with Gasteiger partial charge >= 0.3 is 18.0 Å². The number of esters is 1. The molecular formula is C34H29ClFN7O5S. The first kappa shape index (κ1) is 32.4. The number of nitrogens with one attached hydrogen (secondary N) is 1. The summed E-state index contributed by atoms with van der Waals surface area (Å²) in [6, 6.07) is 13.0. The molecule has 5 heterocycles. The lowest BCUT2D eigenvalue weighted by Gasteiger charge is -2.38. The van der Waals surface area contributed by atoms with Gasteiger partial charge in [-0.1, -0.05) is 29.8 Å². The Morgan fingerprint density at radius 1 is 1.10 bits per heavy atom. The number of aliphatic imine (C=N–C) groups is 1. The van der Waals surface area contributed by atoms with Gasteiger partial charge in [-0.2, -0.15) is 0 Å². The molecule has 3 aliphatic heterocycles. The number of anilines is 1. The van der Waals surface area contributed by atoms with Crippen molar-refractivity contribution in [1.29, 1.82) is 0 Å². The number of aromatic carboxylic acids is 1. The van der Waals surface area contributed by atoms with Gasteiger partial charge < -0.3 is 20.1 Å². The molecular weight excluding hydrogens is 673 g/mol. The number of urea groups is 1. The molecule has 2 atom stereocenters. The van der Waals surface area contributed by atoms with Crippen LogP contribution < -0.4 is 10.2 Å². The molecule has 0 saturated carbocycles. The Kier molecular flexibility index (Phi) is 8.84. The number of amidine groups is 1. The van der Waals surface area contributed by atoms with Crippen molar-refractivity contribution in [3.63, 3.8) is 0 Å². The lowest BCUT2D eigenvalue weighted by molar-refractivity contribution is -0.136. The van der Waals surface area contributed by atoms with E-state index in [1.165, 1.54) is 48.8 Å². The lowest BCUT2D eigenvalue weighted by Crippen LogP contribution is -2.53. The van der Waals surface area contributed by atoms with Gasteiger partial charge in [0.25, 0.3) is 0 Å². The molecule has 0 spiro atoms. The fourth-order valence-electron chi connectivity index (χ4n) is 6.32. The minimum atomic E-state index is -0.999. The van der Waals surface area contributed by atoms with Gasteiger partial charge in [0, 0.05) is 66.1 Å². The van der Waals surface area contributed by atoms with Gasteiger partial charge in [0.1, 0.15) is 11.9 Å². The van der Waals surface area contributed by atoms with Gasteiger partial charge in [0.2, 0.25) is 0 Å². The number of hydrogen-bond donors (Lipinski definition) is 2. The standard InChI is InChI=1S/C34H29ClFN7O5S/c1-48-33(46)28-27(39-30(31-37-10-13-49-31)40-29(28)24-8-6-21(36)14-25(24)35)18-41-11-12-42-23(16-41)17-43(34(42)47)22-7-9-26(38-15-22)19-2-4-20(5-3-19)32(44)45/h2-10,13-15,23,29H,11-12,16-18H2,1H3,(H,39,40)(H,44,45)/t23-,29?/m0/s1. The maximum Gasteiger partial charge on any atom is 0.338 e. The maximum absolute atomic E-state index is 14.0. The summed E-state index contributed by atoms with van der Waals surface area (Å²) in [6.07, 6.45) is 3.31. The fourth-order valence-corrected chi connectivity index (χ4v) is 7.18. The van der Waals surface area contributed by atoms with Crippen LogP contribution in [0.15, 0.2) is 88.6 Å². The third-order valence-electron chi connectivity index (χ3n) is 8.73. The summed E-state index contributed by atoms with van der Waals surface area (Å²) in [5.41, 5.74) is 3.54. The summed E-state index contributed by atoms with van der Waals surface area (Å²) in [4.78, 5) is 57.5. The van der Waals surface area contributed by atoms with Gasteiger partial charge in [0.05, 0.1) is 41.9 Å². The highest BCUT2D eigenvalue weighted by Crippen LogP contribution is 2.37. The van der Waals surface area contributed by atoms with Crippen molar-refractivity contribution >= 4 is 52.4 Å². The molecule has 2 aromatic carbocycles. The number of fused-ring (bicyclic) bond motifs is 1. The van der Waals surface area contributed by atoms with Gasteiger partial charge in [-0.3, -0.25) is 19.8 Å². The van der Waals surface area contributed by atoms with Gasteiger partial charge in [-0.15, -0.1) is 11.3 Å². The van der Waals surface area contributed by atoms with Crippen molar-refractivity contribution in [2.45, 2.75) is 12.1 Å². The molecule has 15 heteroatoms. The minimum Gasteiger partial charge on any atom is -0.478 e. The molecule has 2 amide bonds. The number of carboxylic acid groups (broad SMARTS) is 1. The van der Waals surface area contributed by atoms with E-state index in [0.717, 1.165) is 5.56 Å². The summed E-state index contributed by atoms with van der Waals surface area (Å²) < 4.78 is 19.2. The van der Waals surface area contributed by atoms with Crippen molar-refractivity contribution in [2.75, 3.05) is 44.7 Å². The van der Waals surface area contributed by atoms with Gasteiger partial charge in [-0.25, -0.2) is 23.8 Å². The zero-order chi connectivity index (χ0) is 34.2. The third kappa shape index (κ3) is 6.37. The summed E-state index contributed by atoms with van der Waals surface area (Å²) in [5.74, 6) is -1.64. The molecule has 4 aromatic rings. The molecule has 250 valence electrons. The summed E-state index contributed by atoms with van der Waals surface area (Å²) >= 11 is 7.87. The molecule has 49 heavy (non-hydrogen) atoms. The fraction of sp³-hybridized carbons (Fsp3) is 0.235. The highest BCUT2D eigenvalue weighted by atomic mass is 35.5. The third-order valence-corrected chi connectivity index (χ3v) is 9.84. The number of ether oxygens (including phenoxy) is 1. The number of amides is 2. The topological polar surface area (TPSA) is 141 Å². The van der Waals surface area contributed by atoms with Crippen LogP contribution in [0.1, 0.15) is 27.0 Å². The number of methoxy groups -OCH3 is 1. The molecule has 2 N–H and O–H groups in total. The average molecular weight is 702 g/mol. The number of benzene rings is 2. The Balaban J connectivity index is 1.11. The number of carbonyl (C=O) groups is 3. The second-order valence-corrected chi connectivity index (χ2v) is 13.0. The van der Waals surface area contributed by atoms with Crippen LogP contribution in [0.2, 0.25) is 5.02 Å². The number of aromatic nitrogens is 2. The van der Waals surface area contributed by atoms with Crippen LogP contribution in [0.3, 0.4) is 0 Å². The molecule has 2 saturated heterocycles. The van der Waals surface area contributed by atoms with Crippen molar-refractivity contribution < 1.29 is 28.6 Å². The Morgan fingerprint density at radius 2 is 1.92 bits per heavy atom. The Morgan fingerprint density at radius 3 is 2.59 bits per heavy atom. The van der Waals surface area contributed by atoms with Crippen LogP contribution in [0.4, 0.5) is 14.9 Å². The summed E-state index contributed by atoms with van der Waals surface area (Å²) in [6.45, 7) is 2.32. The summed E-state index contributed by atoms with van der Waals surface area (Å²) in [7, 11) is 1.30. The zero-order valence-electron chi connectivity index (χ0n) is 26.0. The van der Waals surface area contributed by atoms with Gasteiger partial charge in [0.15, 0.2) is 10.8 Å². The molecule has 12 nitrogen and oxygen atoms in total. The molecule has 0 bridgehead atoms. The van der Waals surface area contributed by atoms with Gasteiger partial charge in [-0.05, 0) is 36.4 Å². The second kappa shape index (κ2) is 13.4. The van der Waals surface area contributed by atoms with Crippen LogP contribution >= 0.6 is 22.9 Å². The smallest absolute Gasteiger partial charge is 0.338 e. The van der Waals surface area contributed by atoms with Crippen LogP contribution in [0.5, 0.6) is 0 Å². The number of carbonyl (C=O) groups excluding carboxylic acids is 2. The minimum absolute atomic E-state index is 0.112. The Hall–Kier alpha value is -5.18.